The molecule has 1 fully saturated rings. The topological polar surface area (TPSA) is 9.23 Å². The molecule has 53 valence electrons. The van der Waals surface area contributed by atoms with Crippen molar-refractivity contribution in [2.45, 2.75) is 38.7 Å². The fourth-order valence-electron chi connectivity index (χ4n) is 1.16. The number of ether oxygens (including phenoxy) is 1. The predicted molar refractivity (Wildman–Crippen MR) is 38.2 cm³/mol. The summed E-state index contributed by atoms with van der Waals surface area (Å²) in [5, 5.41) is 0. The Morgan fingerprint density at radius 2 is 2.56 bits per heavy atom. The molecule has 1 unspecified atom stereocenters. The van der Waals surface area contributed by atoms with Crippen molar-refractivity contribution in [3.8, 4) is 0 Å². The molecule has 0 aliphatic heterocycles. The van der Waals surface area contributed by atoms with E-state index in [-0.39, 0.29) is 0 Å². The second-order valence-corrected chi connectivity index (χ2v) is 2.58. The summed E-state index contributed by atoms with van der Waals surface area (Å²) >= 11 is 0. The molecule has 1 rings (SSSR count). The molecule has 1 heteroatoms. The molecule has 1 nitrogen and oxygen atoms in total. The van der Waals surface area contributed by atoms with Gasteiger partial charge in [-0.25, -0.2) is 0 Å². The lowest BCUT2D eigenvalue weighted by atomic mass is 10.3. The molecule has 0 saturated heterocycles. The van der Waals surface area contributed by atoms with E-state index in [0.29, 0.717) is 6.10 Å². The van der Waals surface area contributed by atoms with Crippen LogP contribution in [0.1, 0.15) is 32.6 Å². The van der Waals surface area contributed by atoms with E-state index in [2.05, 4.69) is 13.3 Å². The smallest absolute Gasteiger partial charge is 0.0606 e. The molecule has 1 aliphatic carbocycles. The lowest BCUT2D eigenvalue weighted by Crippen LogP contribution is -2.07. The first-order chi connectivity index (χ1) is 4.43. The van der Waals surface area contributed by atoms with Crippen molar-refractivity contribution in [2.24, 2.45) is 0 Å². The first-order valence-electron chi connectivity index (χ1n) is 3.88. The van der Waals surface area contributed by atoms with Gasteiger partial charge in [0.25, 0.3) is 0 Å². The molecule has 0 bridgehead atoms. The molecule has 0 aromatic heterocycles. The van der Waals surface area contributed by atoms with Gasteiger partial charge in [-0.2, -0.15) is 0 Å². The third-order valence-electron chi connectivity index (χ3n) is 1.66. The minimum atomic E-state index is 0.491. The van der Waals surface area contributed by atoms with Crippen molar-refractivity contribution >= 4 is 0 Å². The maximum Gasteiger partial charge on any atom is 0.0606 e. The summed E-state index contributed by atoms with van der Waals surface area (Å²) in [6.07, 6.45) is 7.76. The lowest BCUT2D eigenvalue weighted by Gasteiger charge is -2.08. The van der Waals surface area contributed by atoms with Crippen LogP contribution < -0.4 is 0 Å². The summed E-state index contributed by atoms with van der Waals surface area (Å²) in [5.41, 5.74) is 0. The summed E-state index contributed by atoms with van der Waals surface area (Å²) in [7, 11) is 0. The van der Waals surface area contributed by atoms with Crippen molar-refractivity contribution < 1.29 is 4.74 Å². The zero-order valence-corrected chi connectivity index (χ0v) is 6.10. The highest BCUT2D eigenvalue weighted by Gasteiger charge is 2.14. The molecular formula is C8H15O. The van der Waals surface area contributed by atoms with Crippen molar-refractivity contribution in [3.05, 3.63) is 6.42 Å². The van der Waals surface area contributed by atoms with E-state index >= 15 is 0 Å². The van der Waals surface area contributed by atoms with Crippen molar-refractivity contribution in [1.29, 1.82) is 0 Å². The Labute approximate surface area is 57.4 Å². The normalized spacial score (nSPS) is 21.0. The second kappa shape index (κ2) is 3.89. The van der Waals surface area contributed by atoms with Crippen LogP contribution in [-0.2, 0) is 4.74 Å². The van der Waals surface area contributed by atoms with Gasteiger partial charge >= 0.3 is 0 Å². The number of hydrogen-bond acceptors (Lipinski definition) is 1. The summed E-state index contributed by atoms with van der Waals surface area (Å²) in [6, 6.07) is 0. The van der Waals surface area contributed by atoms with Crippen LogP contribution in [0.15, 0.2) is 0 Å². The van der Waals surface area contributed by atoms with Gasteiger partial charge < -0.3 is 4.74 Å². The zero-order chi connectivity index (χ0) is 6.53. The molecule has 1 saturated carbocycles. The van der Waals surface area contributed by atoms with Gasteiger partial charge in [0.2, 0.25) is 0 Å². The van der Waals surface area contributed by atoms with Gasteiger partial charge in [0.15, 0.2) is 0 Å². The third-order valence-corrected chi connectivity index (χ3v) is 1.66. The predicted octanol–water partition coefficient (Wildman–Crippen LogP) is 2.17. The Hall–Kier alpha value is -0.0400. The average molecular weight is 127 g/mol. The van der Waals surface area contributed by atoms with E-state index in [1.807, 2.05) is 0 Å². The molecule has 1 atom stereocenters. The number of rotatable bonds is 3. The van der Waals surface area contributed by atoms with Crippen LogP contribution in [-0.4, -0.2) is 12.7 Å². The van der Waals surface area contributed by atoms with Crippen LogP contribution in [0, 0.1) is 6.42 Å². The third kappa shape index (κ3) is 2.35. The fraction of sp³-hybridized carbons (Fsp3) is 0.875. The molecule has 1 radical (unpaired) electrons. The van der Waals surface area contributed by atoms with Gasteiger partial charge in [-0.3, -0.25) is 0 Å². The van der Waals surface area contributed by atoms with Crippen molar-refractivity contribution in [1.82, 2.24) is 0 Å². The molecule has 9 heavy (non-hydrogen) atoms. The summed E-state index contributed by atoms with van der Waals surface area (Å²) in [4.78, 5) is 0. The molecule has 0 N–H and O–H groups in total. The Balaban J connectivity index is 1.98. The Morgan fingerprint density at radius 3 is 3.11 bits per heavy atom. The van der Waals surface area contributed by atoms with Crippen LogP contribution in [0.25, 0.3) is 0 Å². The SMILES string of the molecule is CCCOC1[CH]CCC1. The fourth-order valence-corrected chi connectivity index (χ4v) is 1.16. The summed E-state index contributed by atoms with van der Waals surface area (Å²) < 4.78 is 5.50. The molecule has 0 aromatic carbocycles. The van der Waals surface area contributed by atoms with Gasteiger partial charge in [-0.15, -0.1) is 0 Å². The Morgan fingerprint density at radius 1 is 1.67 bits per heavy atom. The molecule has 0 heterocycles. The summed E-state index contributed by atoms with van der Waals surface area (Å²) in [5.74, 6) is 0. The van der Waals surface area contributed by atoms with Gasteiger partial charge in [-0.1, -0.05) is 13.3 Å². The highest BCUT2D eigenvalue weighted by molar-refractivity contribution is 4.84. The van der Waals surface area contributed by atoms with E-state index < -0.39 is 0 Å². The van der Waals surface area contributed by atoms with Crippen molar-refractivity contribution in [3.63, 3.8) is 0 Å². The number of hydrogen-bond donors (Lipinski definition) is 0. The van der Waals surface area contributed by atoms with Gasteiger partial charge in [0.05, 0.1) is 6.10 Å². The van der Waals surface area contributed by atoms with Crippen molar-refractivity contribution in [2.75, 3.05) is 6.61 Å². The standard InChI is InChI=1S/C8H15O/c1-2-7-9-8-5-3-4-6-8/h5,8H,2-4,6-7H2,1H3. The zero-order valence-electron chi connectivity index (χ0n) is 6.10. The maximum atomic E-state index is 5.50. The van der Waals surface area contributed by atoms with E-state index in [0.717, 1.165) is 13.0 Å². The van der Waals surface area contributed by atoms with Crippen LogP contribution in [0.3, 0.4) is 0 Å². The second-order valence-electron chi connectivity index (χ2n) is 2.58. The minimum absolute atomic E-state index is 0.491. The Bertz CT molecular complexity index is 65.0. The monoisotopic (exact) mass is 127 g/mol. The van der Waals surface area contributed by atoms with E-state index in [1.54, 1.807) is 0 Å². The minimum Gasteiger partial charge on any atom is -0.378 e. The summed E-state index contributed by atoms with van der Waals surface area (Å²) in [6.45, 7) is 3.08. The first-order valence-corrected chi connectivity index (χ1v) is 3.88. The largest absolute Gasteiger partial charge is 0.378 e. The van der Waals surface area contributed by atoms with Crippen LogP contribution in [0.4, 0.5) is 0 Å². The van der Waals surface area contributed by atoms with E-state index in [4.69, 9.17) is 4.74 Å². The lowest BCUT2D eigenvalue weighted by molar-refractivity contribution is 0.0801. The molecule has 0 amide bonds. The van der Waals surface area contributed by atoms with Gasteiger partial charge in [0, 0.05) is 6.61 Å². The van der Waals surface area contributed by atoms with Crippen LogP contribution in [0.5, 0.6) is 0 Å². The highest BCUT2D eigenvalue weighted by Crippen LogP contribution is 2.19. The molecule has 1 aliphatic rings. The molecular weight excluding hydrogens is 112 g/mol. The van der Waals surface area contributed by atoms with Crippen LogP contribution in [0.2, 0.25) is 0 Å². The Kier molecular flexibility index (Phi) is 3.05. The van der Waals surface area contributed by atoms with E-state index in [1.165, 1.54) is 19.3 Å². The quantitative estimate of drug-likeness (QED) is 0.564. The van der Waals surface area contributed by atoms with Gasteiger partial charge in [0.1, 0.15) is 0 Å². The van der Waals surface area contributed by atoms with Gasteiger partial charge in [-0.05, 0) is 25.7 Å². The average Bonchev–Trinajstić information content (AvgIpc) is 2.34. The maximum absolute atomic E-state index is 5.50. The first kappa shape index (κ1) is 7.07. The molecule has 0 spiro atoms. The molecule has 0 aromatic rings. The van der Waals surface area contributed by atoms with Crippen LogP contribution >= 0.6 is 0 Å². The highest BCUT2D eigenvalue weighted by atomic mass is 16.5. The van der Waals surface area contributed by atoms with E-state index in [9.17, 15) is 0 Å².